The summed E-state index contributed by atoms with van der Waals surface area (Å²) in [6.07, 6.45) is 9.43. The van der Waals surface area contributed by atoms with E-state index in [4.69, 9.17) is 0 Å². The van der Waals surface area contributed by atoms with Crippen molar-refractivity contribution in [2.45, 2.75) is 40.0 Å². The smallest absolute Gasteiger partial charge is 0.0644 e. The average Bonchev–Trinajstić information content (AvgIpc) is 2.50. The van der Waals surface area contributed by atoms with E-state index in [1.807, 2.05) is 6.08 Å². The van der Waals surface area contributed by atoms with Crippen molar-refractivity contribution in [2.75, 3.05) is 6.61 Å². The fourth-order valence-corrected chi connectivity index (χ4v) is 2.30. The van der Waals surface area contributed by atoms with Crippen molar-refractivity contribution in [3.05, 3.63) is 36.0 Å². The summed E-state index contributed by atoms with van der Waals surface area (Å²) in [7, 11) is 0. The first-order valence-electron chi connectivity index (χ1n) is 6.09. The number of aliphatic hydroxyl groups is 1. The molecule has 1 aliphatic rings. The third kappa shape index (κ3) is 2.85. The summed E-state index contributed by atoms with van der Waals surface area (Å²) in [4.78, 5) is 0. The largest absolute Gasteiger partial charge is 0.392 e. The van der Waals surface area contributed by atoms with Gasteiger partial charge in [-0.2, -0.15) is 0 Å². The van der Waals surface area contributed by atoms with Crippen molar-refractivity contribution < 1.29 is 5.11 Å². The summed E-state index contributed by atoms with van der Waals surface area (Å²) in [5.41, 5.74) is 2.90. The van der Waals surface area contributed by atoms with Crippen molar-refractivity contribution in [1.82, 2.24) is 0 Å². The van der Waals surface area contributed by atoms with Crippen molar-refractivity contribution in [3.63, 3.8) is 0 Å². The molecule has 0 amide bonds. The van der Waals surface area contributed by atoms with Crippen LogP contribution in [0.3, 0.4) is 0 Å². The molecule has 1 atom stereocenters. The van der Waals surface area contributed by atoms with Gasteiger partial charge in [0.25, 0.3) is 0 Å². The molecule has 0 aromatic heterocycles. The van der Waals surface area contributed by atoms with Gasteiger partial charge >= 0.3 is 0 Å². The molecule has 0 saturated carbocycles. The fraction of sp³-hybridized carbons (Fsp3) is 0.600. The van der Waals surface area contributed by atoms with Crippen LogP contribution < -0.4 is 0 Å². The standard InChI is InChI=1S/C15H24O/c1-5-6-13(11-16)8-10-14-9-7-12(2)15(14,3)4/h5,7-8,14,16H,1,6,9-11H2,2-4H3. The van der Waals surface area contributed by atoms with E-state index < -0.39 is 0 Å². The third-order valence-corrected chi connectivity index (χ3v) is 4.05. The Morgan fingerprint density at radius 2 is 2.31 bits per heavy atom. The zero-order valence-corrected chi connectivity index (χ0v) is 10.8. The molecule has 1 heteroatoms. The van der Waals surface area contributed by atoms with Crippen LogP contribution in [-0.4, -0.2) is 11.7 Å². The van der Waals surface area contributed by atoms with Crippen LogP contribution in [0.5, 0.6) is 0 Å². The van der Waals surface area contributed by atoms with Crippen molar-refractivity contribution in [1.29, 1.82) is 0 Å². The molecule has 16 heavy (non-hydrogen) atoms. The predicted molar refractivity (Wildman–Crippen MR) is 70.2 cm³/mol. The number of allylic oxidation sites excluding steroid dienone is 4. The van der Waals surface area contributed by atoms with Gasteiger partial charge in [-0.3, -0.25) is 0 Å². The molecule has 1 rings (SSSR count). The topological polar surface area (TPSA) is 20.2 Å². The molecule has 0 aromatic rings. The van der Waals surface area contributed by atoms with Crippen LogP contribution in [-0.2, 0) is 0 Å². The highest BCUT2D eigenvalue weighted by molar-refractivity contribution is 5.19. The summed E-state index contributed by atoms with van der Waals surface area (Å²) >= 11 is 0. The van der Waals surface area contributed by atoms with Crippen molar-refractivity contribution in [2.24, 2.45) is 11.3 Å². The molecule has 1 aliphatic carbocycles. The van der Waals surface area contributed by atoms with Gasteiger partial charge in [-0.05, 0) is 43.1 Å². The van der Waals surface area contributed by atoms with Crippen molar-refractivity contribution in [3.8, 4) is 0 Å². The van der Waals surface area contributed by atoms with Gasteiger partial charge in [-0.15, -0.1) is 6.58 Å². The first-order valence-corrected chi connectivity index (χ1v) is 6.09. The lowest BCUT2D eigenvalue weighted by atomic mass is 9.76. The van der Waals surface area contributed by atoms with E-state index in [1.165, 1.54) is 12.0 Å². The Bertz CT molecular complexity index is 307. The lowest BCUT2D eigenvalue weighted by Gasteiger charge is -2.29. The van der Waals surface area contributed by atoms with E-state index in [-0.39, 0.29) is 6.61 Å². The zero-order chi connectivity index (χ0) is 12.2. The first kappa shape index (κ1) is 13.2. The molecule has 0 fully saturated rings. The van der Waals surface area contributed by atoms with Crippen molar-refractivity contribution >= 4 is 0 Å². The van der Waals surface area contributed by atoms with Crippen LogP contribution in [0.1, 0.15) is 40.0 Å². The highest BCUT2D eigenvalue weighted by atomic mass is 16.3. The van der Waals surface area contributed by atoms with E-state index in [0.717, 1.165) is 18.4 Å². The highest BCUT2D eigenvalue weighted by Gasteiger charge is 2.33. The second kappa shape index (κ2) is 5.49. The second-order valence-electron chi connectivity index (χ2n) is 5.29. The number of hydrogen-bond acceptors (Lipinski definition) is 1. The monoisotopic (exact) mass is 220 g/mol. The molecule has 1 N–H and O–H groups in total. The maximum Gasteiger partial charge on any atom is 0.0644 e. The number of hydrogen-bond donors (Lipinski definition) is 1. The second-order valence-corrected chi connectivity index (χ2v) is 5.29. The fourth-order valence-electron chi connectivity index (χ4n) is 2.30. The van der Waals surface area contributed by atoms with Gasteiger partial charge in [-0.1, -0.05) is 37.6 Å². The molecule has 1 unspecified atom stereocenters. The van der Waals surface area contributed by atoms with Crippen LogP contribution >= 0.6 is 0 Å². The molecule has 0 spiro atoms. The van der Waals surface area contributed by atoms with E-state index in [9.17, 15) is 5.11 Å². The molecule has 0 saturated heterocycles. The minimum absolute atomic E-state index is 0.158. The Morgan fingerprint density at radius 3 is 2.75 bits per heavy atom. The summed E-state index contributed by atoms with van der Waals surface area (Å²) in [6, 6.07) is 0. The van der Waals surface area contributed by atoms with E-state index in [1.54, 1.807) is 0 Å². The van der Waals surface area contributed by atoms with Gasteiger partial charge in [-0.25, -0.2) is 0 Å². The van der Waals surface area contributed by atoms with E-state index in [0.29, 0.717) is 11.3 Å². The lowest BCUT2D eigenvalue weighted by Crippen LogP contribution is -2.19. The van der Waals surface area contributed by atoms with Crippen LogP contribution in [0.25, 0.3) is 0 Å². The Hall–Kier alpha value is -0.820. The predicted octanol–water partition coefficient (Wildman–Crippen LogP) is 3.86. The molecule has 0 radical (unpaired) electrons. The van der Waals surface area contributed by atoms with Gasteiger partial charge in [0.1, 0.15) is 0 Å². The zero-order valence-electron chi connectivity index (χ0n) is 10.8. The van der Waals surface area contributed by atoms with Gasteiger partial charge in [0.15, 0.2) is 0 Å². The Morgan fingerprint density at radius 1 is 1.62 bits per heavy atom. The Labute approximate surface area is 99.6 Å². The quantitative estimate of drug-likeness (QED) is 0.697. The molecule has 0 aliphatic heterocycles. The lowest BCUT2D eigenvalue weighted by molar-refractivity contribution is 0.291. The SMILES string of the molecule is C=CCC(=CCC1CC=C(C)C1(C)C)CO. The highest BCUT2D eigenvalue weighted by Crippen LogP contribution is 2.44. The van der Waals surface area contributed by atoms with Crippen LogP contribution in [0.2, 0.25) is 0 Å². The molecule has 1 nitrogen and oxygen atoms in total. The maximum atomic E-state index is 9.18. The number of aliphatic hydroxyl groups excluding tert-OH is 1. The summed E-state index contributed by atoms with van der Waals surface area (Å²) in [5.74, 6) is 0.680. The van der Waals surface area contributed by atoms with E-state index in [2.05, 4.69) is 39.5 Å². The number of rotatable bonds is 5. The first-order chi connectivity index (χ1) is 7.52. The summed E-state index contributed by atoms with van der Waals surface area (Å²) in [6.45, 7) is 10.7. The maximum absolute atomic E-state index is 9.18. The van der Waals surface area contributed by atoms with E-state index >= 15 is 0 Å². The van der Waals surface area contributed by atoms with Crippen LogP contribution in [0.4, 0.5) is 0 Å². The van der Waals surface area contributed by atoms with Gasteiger partial charge < -0.3 is 5.11 Å². The van der Waals surface area contributed by atoms with Gasteiger partial charge in [0.05, 0.1) is 6.61 Å². The molecule has 0 bridgehead atoms. The van der Waals surface area contributed by atoms with Crippen LogP contribution in [0, 0.1) is 11.3 Å². The molecular weight excluding hydrogens is 196 g/mol. The summed E-state index contributed by atoms with van der Waals surface area (Å²) in [5, 5.41) is 9.18. The minimum Gasteiger partial charge on any atom is -0.392 e. The molecule has 0 heterocycles. The Balaban J connectivity index is 2.60. The molecular formula is C15H24O. The minimum atomic E-state index is 0.158. The average molecular weight is 220 g/mol. The van der Waals surface area contributed by atoms with Gasteiger partial charge in [0, 0.05) is 0 Å². The van der Waals surface area contributed by atoms with Crippen LogP contribution in [0.15, 0.2) is 36.0 Å². The molecule has 0 aromatic carbocycles. The summed E-state index contributed by atoms with van der Waals surface area (Å²) < 4.78 is 0. The normalized spacial score (nSPS) is 24.4. The third-order valence-electron chi connectivity index (χ3n) is 4.05. The molecule has 90 valence electrons. The Kier molecular flexibility index (Phi) is 4.55. The van der Waals surface area contributed by atoms with Gasteiger partial charge in [0.2, 0.25) is 0 Å².